The van der Waals surface area contributed by atoms with E-state index in [-0.39, 0.29) is 17.7 Å². The van der Waals surface area contributed by atoms with Gasteiger partial charge in [0.1, 0.15) is 0 Å². The quantitative estimate of drug-likeness (QED) is 0.478. The molecule has 2 N–H and O–H groups in total. The molecule has 1 atom stereocenters. The van der Waals surface area contributed by atoms with E-state index in [2.05, 4.69) is 38.7 Å². The Balaban J connectivity index is 1.23. The molecule has 0 radical (unpaired) electrons. The molecule has 0 bridgehead atoms. The number of thioether (sulfide) groups is 1. The van der Waals surface area contributed by atoms with E-state index in [0.29, 0.717) is 11.1 Å². The van der Waals surface area contributed by atoms with Gasteiger partial charge in [0.15, 0.2) is 0 Å². The number of hydrogen-bond acceptors (Lipinski definition) is 5. The van der Waals surface area contributed by atoms with Gasteiger partial charge in [0.05, 0.1) is 17.4 Å². The number of fused-ring (bicyclic) bond motifs is 2. The Bertz CT molecular complexity index is 1170. The predicted molar refractivity (Wildman–Crippen MR) is 113 cm³/mol. The number of nitrogens with one attached hydrogen (secondary N) is 2. The number of H-pyrrole nitrogens is 1. The summed E-state index contributed by atoms with van der Waals surface area (Å²) in [7, 11) is 0. The van der Waals surface area contributed by atoms with Crippen LogP contribution in [0.1, 0.15) is 30.0 Å². The molecular formula is C22H20N4O2S. The molecule has 146 valence electrons. The fourth-order valence-corrected chi connectivity index (χ4v) is 4.47. The van der Waals surface area contributed by atoms with Crippen LogP contribution in [0.3, 0.4) is 0 Å². The summed E-state index contributed by atoms with van der Waals surface area (Å²) in [5, 5.41) is 12.8. The standard InChI is InChI=1S/C22H20N4O2S/c27-20(24-19-11-5-7-14-6-1-2-8-15(14)19)13-29-22-26-25-21(28-22)17-12-23-18-10-4-3-9-16(17)18/h1-4,6,8-10,12,19,23H,5,7,11,13H2,(H,24,27)/t19-/m1/s1. The normalized spacial score (nSPS) is 15.9. The van der Waals surface area contributed by atoms with Gasteiger partial charge >= 0.3 is 0 Å². The first kappa shape index (κ1) is 18.0. The molecule has 29 heavy (non-hydrogen) atoms. The van der Waals surface area contributed by atoms with Gasteiger partial charge in [-0.3, -0.25) is 4.79 Å². The second kappa shape index (κ2) is 7.75. The molecule has 0 saturated heterocycles. The first-order valence-corrected chi connectivity index (χ1v) is 10.7. The highest BCUT2D eigenvalue weighted by atomic mass is 32.2. The maximum absolute atomic E-state index is 12.5. The van der Waals surface area contributed by atoms with Crippen molar-refractivity contribution in [1.29, 1.82) is 0 Å². The van der Waals surface area contributed by atoms with Crippen LogP contribution in [-0.4, -0.2) is 26.8 Å². The lowest BCUT2D eigenvalue weighted by Gasteiger charge is -2.26. The molecule has 2 aromatic heterocycles. The number of benzene rings is 2. The zero-order valence-electron chi connectivity index (χ0n) is 15.7. The van der Waals surface area contributed by atoms with E-state index in [1.54, 1.807) is 0 Å². The topological polar surface area (TPSA) is 83.8 Å². The molecule has 7 heteroatoms. The predicted octanol–water partition coefficient (Wildman–Crippen LogP) is 4.50. The molecule has 0 aliphatic heterocycles. The highest BCUT2D eigenvalue weighted by molar-refractivity contribution is 7.99. The zero-order valence-corrected chi connectivity index (χ0v) is 16.5. The number of aromatic amines is 1. The monoisotopic (exact) mass is 404 g/mol. The van der Waals surface area contributed by atoms with Crippen LogP contribution in [0.5, 0.6) is 0 Å². The van der Waals surface area contributed by atoms with Crippen LogP contribution in [0.15, 0.2) is 64.4 Å². The number of hydrogen-bond donors (Lipinski definition) is 2. The molecular weight excluding hydrogens is 384 g/mol. The Labute approximate surface area is 172 Å². The van der Waals surface area contributed by atoms with Crippen molar-refractivity contribution < 1.29 is 9.21 Å². The number of aromatic nitrogens is 3. The molecule has 2 aromatic carbocycles. The SMILES string of the molecule is O=C(CSc1nnc(-c2c[nH]c3ccccc23)o1)N[C@@H]1CCCc2ccccc21. The summed E-state index contributed by atoms with van der Waals surface area (Å²) in [6, 6.07) is 16.4. The van der Waals surface area contributed by atoms with Gasteiger partial charge < -0.3 is 14.7 Å². The summed E-state index contributed by atoms with van der Waals surface area (Å²) < 4.78 is 5.77. The van der Waals surface area contributed by atoms with Crippen LogP contribution in [-0.2, 0) is 11.2 Å². The maximum Gasteiger partial charge on any atom is 0.277 e. The van der Waals surface area contributed by atoms with E-state index < -0.39 is 0 Å². The maximum atomic E-state index is 12.5. The van der Waals surface area contributed by atoms with Gasteiger partial charge in [0.2, 0.25) is 5.91 Å². The lowest BCUT2D eigenvalue weighted by atomic mass is 9.88. The van der Waals surface area contributed by atoms with Crippen molar-refractivity contribution >= 4 is 28.6 Å². The molecule has 1 aliphatic carbocycles. The zero-order chi connectivity index (χ0) is 19.6. The van der Waals surface area contributed by atoms with E-state index >= 15 is 0 Å². The van der Waals surface area contributed by atoms with E-state index in [9.17, 15) is 4.79 Å². The Kier molecular flexibility index (Phi) is 4.81. The van der Waals surface area contributed by atoms with Crippen molar-refractivity contribution in [2.45, 2.75) is 30.5 Å². The van der Waals surface area contributed by atoms with Crippen LogP contribution in [0, 0.1) is 0 Å². The van der Waals surface area contributed by atoms with Gasteiger partial charge in [0.25, 0.3) is 11.1 Å². The molecule has 5 rings (SSSR count). The minimum Gasteiger partial charge on any atom is -0.411 e. The average molecular weight is 404 g/mol. The summed E-state index contributed by atoms with van der Waals surface area (Å²) in [5.41, 5.74) is 4.44. The molecule has 1 amide bonds. The van der Waals surface area contributed by atoms with Crippen molar-refractivity contribution in [2.24, 2.45) is 0 Å². The largest absolute Gasteiger partial charge is 0.411 e. The number of carbonyl (C=O) groups is 1. The number of carbonyl (C=O) groups excluding carboxylic acids is 1. The second-order valence-corrected chi connectivity index (χ2v) is 8.05. The molecule has 0 unspecified atom stereocenters. The third-order valence-corrected chi connectivity index (χ3v) is 6.08. The van der Waals surface area contributed by atoms with E-state index in [1.165, 1.54) is 22.9 Å². The molecule has 0 fully saturated rings. The molecule has 2 heterocycles. The minimum absolute atomic E-state index is 0.0245. The van der Waals surface area contributed by atoms with Gasteiger partial charge in [-0.25, -0.2) is 0 Å². The number of nitrogens with zero attached hydrogens (tertiary/aromatic N) is 2. The van der Waals surface area contributed by atoms with Crippen LogP contribution in [0.4, 0.5) is 0 Å². The van der Waals surface area contributed by atoms with Crippen molar-refractivity contribution in [2.75, 3.05) is 5.75 Å². The Morgan fingerprint density at radius 3 is 3.00 bits per heavy atom. The first-order valence-electron chi connectivity index (χ1n) is 9.68. The minimum atomic E-state index is -0.0245. The Hall–Kier alpha value is -3.06. The van der Waals surface area contributed by atoms with E-state index in [1.807, 2.05) is 36.5 Å². The second-order valence-electron chi connectivity index (χ2n) is 7.12. The van der Waals surface area contributed by atoms with Crippen LogP contribution in [0.25, 0.3) is 22.4 Å². The number of aryl methyl sites for hydroxylation is 1. The number of para-hydroxylation sites is 1. The van der Waals surface area contributed by atoms with Crippen molar-refractivity contribution in [3.05, 3.63) is 65.9 Å². The van der Waals surface area contributed by atoms with Gasteiger partial charge in [-0.1, -0.05) is 54.2 Å². The smallest absolute Gasteiger partial charge is 0.277 e. The Morgan fingerprint density at radius 1 is 1.17 bits per heavy atom. The number of amides is 1. The lowest BCUT2D eigenvalue weighted by Crippen LogP contribution is -2.32. The molecule has 1 aliphatic rings. The lowest BCUT2D eigenvalue weighted by molar-refractivity contribution is -0.119. The van der Waals surface area contributed by atoms with Crippen LogP contribution in [0.2, 0.25) is 0 Å². The summed E-state index contributed by atoms with van der Waals surface area (Å²) >= 11 is 1.26. The van der Waals surface area contributed by atoms with Gasteiger partial charge in [-0.2, -0.15) is 0 Å². The van der Waals surface area contributed by atoms with Crippen molar-refractivity contribution in [3.8, 4) is 11.5 Å². The third-order valence-electron chi connectivity index (χ3n) is 5.26. The van der Waals surface area contributed by atoms with Crippen LogP contribution >= 0.6 is 11.8 Å². The molecule has 4 aromatic rings. The van der Waals surface area contributed by atoms with Gasteiger partial charge in [-0.05, 0) is 36.5 Å². The van der Waals surface area contributed by atoms with Gasteiger partial charge in [-0.15, -0.1) is 10.2 Å². The fourth-order valence-electron chi connectivity index (χ4n) is 3.89. The fraction of sp³-hybridized carbons (Fsp3) is 0.227. The highest BCUT2D eigenvalue weighted by Gasteiger charge is 2.22. The van der Waals surface area contributed by atoms with Gasteiger partial charge in [0, 0.05) is 17.1 Å². The van der Waals surface area contributed by atoms with E-state index in [4.69, 9.17) is 4.42 Å². The molecule has 0 spiro atoms. The Morgan fingerprint density at radius 2 is 2.03 bits per heavy atom. The summed E-state index contributed by atoms with van der Waals surface area (Å²) in [5.74, 6) is 0.670. The number of rotatable bonds is 5. The first-order chi connectivity index (χ1) is 14.3. The van der Waals surface area contributed by atoms with Crippen molar-refractivity contribution in [1.82, 2.24) is 20.5 Å². The van der Waals surface area contributed by atoms with E-state index in [0.717, 1.165) is 35.7 Å². The highest BCUT2D eigenvalue weighted by Crippen LogP contribution is 2.31. The summed E-state index contributed by atoms with van der Waals surface area (Å²) in [4.78, 5) is 15.7. The van der Waals surface area contributed by atoms with Crippen LogP contribution < -0.4 is 5.32 Å². The molecule has 0 saturated carbocycles. The summed E-state index contributed by atoms with van der Waals surface area (Å²) in [6.07, 6.45) is 5.00. The summed E-state index contributed by atoms with van der Waals surface area (Å²) in [6.45, 7) is 0. The average Bonchev–Trinajstić information content (AvgIpc) is 3.39. The molecule has 6 nitrogen and oxygen atoms in total. The van der Waals surface area contributed by atoms with Crippen molar-refractivity contribution in [3.63, 3.8) is 0 Å². The third kappa shape index (κ3) is 3.65.